The molecule has 0 spiro atoms. The Morgan fingerprint density at radius 1 is 1.04 bits per heavy atom. The minimum absolute atomic E-state index is 0.104. The number of nitrogens with zero attached hydrogens (tertiary/aromatic N) is 1. The number of halogens is 1. The van der Waals surface area contributed by atoms with E-state index in [-0.39, 0.29) is 11.8 Å². The van der Waals surface area contributed by atoms with Crippen molar-refractivity contribution in [3.05, 3.63) is 50.6 Å². The van der Waals surface area contributed by atoms with Gasteiger partial charge in [0.05, 0.1) is 8.66 Å². The van der Waals surface area contributed by atoms with E-state index in [1.807, 2.05) is 6.07 Å². The molecule has 0 saturated carbocycles. The first-order valence-electron chi connectivity index (χ1n) is 8.20. The van der Waals surface area contributed by atoms with Gasteiger partial charge >= 0.3 is 0 Å². The van der Waals surface area contributed by atoms with E-state index in [9.17, 15) is 9.59 Å². The normalized spacial score (nSPS) is 10.7. The fraction of sp³-hybridized carbons (Fsp3) is 0.333. The average molecular weight is 424 g/mol. The summed E-state index contributed by atoms with van der Waals surface area (Å²) in [4.78, 5) is 27.1. The molecule has 0 saturated heterocycles. The van der Waals surface area contributed by atoms with Crippen LogP contribution in [0.3, 0.4) is 0 Å². The van der Waals surface area contributed by atoms with Crippen LogP contribution in [0.2, 0.25) is 0 Å². The first kappa shape index (κ1) is 19.6. The van der Waals surface area contributed by atoms with Crippen LogP contribution in [0.4, 0.5) is 5.69 Å². The second kappa shape index (κ2) is 9.70. The predicted molar refractivity (Wildman–Crippen MR) is 107 cm³/mol. The highest BCUT2D eigenvalue weighted by Crippen LogP contribution is 2.23. The van der Waals surface area contributed by atoms with Gasteiger partial charge in [-0.1, -0.05) is 13.8 Å². The number of likely N-dealkylation sites (N-methyl/N-ethyl adjacent to an activating group) is 1. The maximum atomic E-state index is 12.1. The van der Waals surface area contributed by atoms with E-state index in [4.69, 9.17) is 0 Å². The van der Waals surface area contributed by atoms with Gasteiger partial charge in [-0.05, 0) is 65.4 Å². The highest BCUT2D eigenvalue weighted by molar-refractivity contribution is 9.11. The third-order valence-electron chi connectivity index (χ3n) is 3.81. The van der Waals surface area contributed by atoms with Crippen LogP contribution >= 0.6 is 27.3 Å². The molecule has 1 aromatic carbocycles. The predicted octanol–water partition coefficient (Wildman–Crippen LogP) is 3.83. The molecule has 5 nitrogen and oxygen atoms in total. The Morgan fingerprint density at radius 3 is 2.28 bits per heavy atom. The van der Waals surface area contributed by atoms with Crippen molar-refractivity contribution < 1.29 is 9.59 Å². The van der Waals surface area contributed by atoms with Gasteiger partial charge in [-0.25, -0.2) is 0 Å². The molecule has 0 unspecified atom stereocenters. The lowest BCUT2D eigenvalue weighted by molar-refractivity contribution is 0.0948. The molecular formula is C18H22BrN3O2S. The maximum Gasteiger partial charge on any atom is 0.265 e. The smallest absolute Gasteiger partial charge is 0.265 e. The number of carbonyl (C=O) groups is 2. The van der Waals surface area contributed by atoms with Gasteiger partial charge < -0.3 is 15.5 Å². The number of thiophene rings is 1. The van der Waals surface area contributed by atoms with Crippen LogP contribution in [0.25, 0.3) is 0 Å². The van der Waals surface area contributed by atoms with Gasteiger partial charge in [0, 0.05) is 24.3 Å². The second-order valence-electron chi connectivity index (χ2n) is 5.42. The van der Waals surface area contributed by atoms with Crippen LogP contribution < -0.4 is 10.6 Å². The molecule has 2 N–H and O–H groups in total. The molecule has 134 valence electrons. The van der Waals surface area contributed by atoms with Crippen molar-refractivity contribution >= 4 is 44.8 Å². The molecule has 7 heteroatoms. The number of benzene rings is 1. The third kappa shape index (κ3) is 5.95. The summed E-state index contributed by atoms with van der Waals surface area (Å²) < 4.78 is 0.911. The minimum Gasteiger partial charge on any atom is -0.351 e. The maximum absolute atomic E-state index is 12.1. The zero-order valence-corrected chi connectivity index (χ0v) is 16.7. The number of hydrogen-bond donors (Lipinski definition) is 2. The molecule has 0 aliphatic rings. The SMILES string of the molecule is CCN(CC)CCNC(=O)c1ccc(NC(=O)c2ccc(Br)s2)cc1. The monoisotopic (exact) mass is 423 g/mol. The zero-order chi connectivity index (χ0) is 18.2. The molecule has 1 aromatic heterocycles. The summed E-state index contributed by atoms with van der Waals surface area (Å²) >= 11 is 4.72. The van der Waals surface area contributed by atoms with Gasteiger partial charge in [0.1, 0.15) is 0 Å². The molecule has 2 aromatic rings. The molecule has 1 heterocycles. The average Bonchev–Trinajstić information content (AvgIpc) is 3.06. The number of rotatable bonds is 8. The lowest BCUT2D eigenvalue weighted by Crippen LogP contribution is -2.34. The van der Waals surface area contributed by atoms with Gasteiger partial charge in [-0.2, -0.15) is 0 Å². The Kier molecular flexibility index (Phi) is 7.61. The Morgan fingerprint density at radius 2 is 1.72 bits per heavy atom. The molecule has 0 aliphatic heterocycles. The fourth-order valence-corrected chi connectivity index (χ4v) is 3.58. The van der Waals surface area contributed by atoms with Gasteiger partial charge in [0.25, 0.3) is 11.8 Å². The van der Waals surface area contributed by atoms with E-state index in [1.165, 1.54) is 11.3 Å². The largest absolute Gasteiger partial charge is 0.351 e. The number of anilines is 1. The summed E-state index contributed by atoms with van der Waals surface area (Å²) in [5, 5.41) is 5.74. The Balaban J connectivity index is 1.86. The highest BCUT2D eigenvalue weighted by Gasteiger charge is 2.10. The summed E-state index contributed by atoms with van der Waals surface area (Å²) in [5.41, 5.74) is 1.24. The molecule has 2 rings (SSSR count). The summed E-state index contributed by atoms with van der Waals surface area (Å²) in [6.45, 7) is 7.61. The lowest BCUT2D eigenvalue weighted by Gasteiger charge is -2.17. The molecule has 0 fully saturated rings. The van der Waals surface area contributed by atoms with E-state index in [0.717, 1.165) is 23.4 Å². The summed E-state index contributed by atoms with van der Waals surface area (Å²) in [6, 6.07) is 10.5. The van der Waals surface area contributed by atoms with Crippen LogP contribution in [0.5, 0.6) is 0 Å². The highest BCUT2D eigenvalue weighted by atomic mass is 79.9. The summed E-state index contributed by atoms with van der Waals surface area (Å²) in [5.74, 6) is -0.264. The standard InChI is InChI=1S/C18H22BrN3O2S/c1-3-22(4-2)12-11-20-17(23)13-5-7-14(8-6-13)21-18(24)15-9-10-16(19)25-15/h5-10H,3-4,11-12H2,1-2H3,(H,20,23)(H,21,24). The van der Waals surface area contributed by atoms with Gasteiger partial charge in [-0.15, -0.1) is 11.3 Å². The van der Waals surface area contributed by atoms with E-state index in [2.05, 4.69) is 45.3 Å². The molecule has 0 aliphatic carbocycles. The zero-order valence-electron chi connectivity index (χ0n) is 14.3. The molecular weight excluding hydrogens is 402 g/mol. The number of carbonyl (C=O) groups excluding carboxylic acids is 2. The van der Waals surface area contributed by atoms with E-state index in [0.29, 0.717) is 22.7 Å². The van der Waals surface area contributed by atoms with E-state index >= 15 is 0 Å². The number of nitrogens with one attached hydrogen (secondary N) is 2. The minimum atomic E-state index is -0.160. The number of amides is 2. The van der Waals surface area contributed by atoms with Crippen molar-refractivity contribution in [3.63, 3.8) is 0 Å². The fourth-order valence-electron chi connectivity index (χ4n) is 2.30. The van der Waals surface area contributed by atoms with E-state index < -0.39 is 0 Å². The quantitative estimate of drug-likeness (QED) is 0.677. The van der Waals surface area contributed by atoms with Gasteiger partial charge in [0.15, 0.2) is 0 Å². The first-order chi connectivity index (χ1) is 12.0. The van der Waals surface area contributed by atoms with Crippen LogP contribution in [0.1, 0.15) is 33.9 Å². The Labute approximate surface area is 160 Å². The molecule has 25 heavy (non-hydrogen) atoms. The van der Waals surface area contributed by atoms with Crippen molar-refractivity contribution in [1.29, 1.82) is 0 Å². The topological polar surface area (TPSA) is 61.4 Å². The molecule has 0 bridgehead atoms. The van der Waals surface area contributed by atoms with Crippen molar-refractivity contribution in [2.45, 2.75) is 13.8 Å². The summed E-state index contributed by atoms with van der Waals surface area (Å²) in [7, 11) is 0. The van der Waals surface area contributed by atoms with Crippen molar-refractivity contribution in [2.75, 3.05) is 31.5 Å². The Hall–Kier alpha value is -1.70. The second-order valence-corrected chi connectivity index (χ2v) is 7.88. The lowest BCUT2D eigenvalue weighted by atomic mass is 10.2. The van der Waals surface area contributed by atoms with Gasteiger partial charge in [-0.3, -0.25) is 9.59 Å². The van der Waals surface area contributed by atoms with Crippen LogP contribution in [0.15, 0.2) is 40.2 Å². The van der Waals surface area contributed by atoms with Crippen LogP contribution in [-0.4, -0.2) is 42.9 Å². The molecule has 0 radical (unpaired) electrons. The third-order valence-corrected chi connectivity index (χ3v) is 5.43. The van der Waals surface area contributed by atoms with E-state index in [1.54, 1.807) is 30.3 Å². The van der Waals surface area contributed by atoms with Crippen molar-refractivity contribution in [1.82, 2.24) is 10.2 Å². The Bertz CT molecular complexity index is 711. The van der Waals surface area contributed by atoms with Crippen LogP contribution in [0, 0.1) is 0 Å². The summed E-state index contributed by atoms with van der Waals surface area (Å²) in [6.07, 6.45) is 0. The molecule has 0 atom stereocenters. The van der Waals surface area contributed by atoms with Crippen molar-refractivity contribution in [2.24, 2.45) is 0 Å². The molecule has 2 amide bonds. The number of hydrogen-bond acceptors (Lipinski definition) is 4. The van der Waals surface area contributed by atoms with Crippen molar-refractivity contribution in [3.8, 4) is 0 Å². The first-order valence-corrected chi connectivity index (χ1v) is 9.81. The van der Waals surface area contributed by atoms with Crippen LogP contribution in [-0.2, 0) is 0 Å². The van der Waals surface area contributed by atoms with Gasteiger partial charge in [0.2, 0.25) is 0 Å².